The van der Waals surface area contributed by atoms with E-state index in [2.05, 4.69) is 217 Å². The van der Waals surface area contributed by atoms with Crippen LogP contribution in [0.3, 0.4) is 0 Å². The fourth-order valence-corrected chi connectivity index (χ4v) is 9.83. The summed E-state index contributed by atoms with van der Waals surface area (Å²) in [6.07, 6.45) is 11.5. The van der Waals surface area contributed by atoms with E-state index in [4.69, 9.17) is 4.42 Å². The van der Waals surface area contributed by atoms with Gasteiger partial charge in [-0.05, 0) is 109 Å². The number of hydrogen-bond acceptors (Lipinski definition) is 2. The summed E-state index contributed by atoms with van der Waals surface area (Å²) in [6, 6.07) is 70.6. The Bertz CT molecular complexity index is 3400. The molecule has 0 radical (unpaired) electrons. The third-order valence-electron chi connectivity index (χ3n) is 12.6. The number of hydrogen-bond donors (Lipinski definition) is 0. The number of fused-ring (bicyclic) bond motifs is 9. The minimum Gasteiger partial charge on any atom is -0.455 e. The molecule has 2 aliphatic rings. The summed E-state index contributed by atoms with van der Waals surface area (Å²) in [4.78, 5) is 2.41. The molecule has 0 fully saturated rings. The van der Waals surface area contributed by atoms with Crippen molar-refractivity contribution in [3.8, 4) is 22.3 Å². The molecule has 0 amide bonds. The standard InChI is InChI=1S/C58H39NO/c1-3-20-46-41(14-1)36-55(51-24-7-5-22-49(46)51)39-16-11-18-44(34-39)59(43-32-30-38(31-33-43)48-27-13-28-54-53-26-9-10-29-57(53)60-58(48)54)45-19-12-17-40(35-45)56-37-42-15-2-4-21-47(42)50-23-6-8-25-52(50)56/h1-37,49,51H. The average Bonchev–Trinajstić information content (AvgIpc) is 3.71. The van der Waals surface area contributed by atoms with Crippen LogP contribution in [0.5, 0.6) is 0 Å². The molecular formula is C58H39NO. The second-order valence-corrected chi connectivity index (χ2v) is 16.0. The first-order valence-electron chi connectivity index (χ1n) is 20.8. The zero-order valence-electron chi connectivity index (χ0n) is 32.9. The lowest BCUT2D eigenvalue weighted by Gasteiger charge is -2.33. The van der Waals surface area contributed by atoms with Gasteiger partial charge in [-0.2, -0.15) is 0 Å². The maximum absolute atomic E-state index is 6.47. The molecule has 1 heterocycles. The smallest absolute Gasteiger partial charge is 0.143 e. The SMILES string of the molecule is C1=CC2C(c3cccc(N(c4ccc(-c5cccc6c5oc5ccccc56)cc4)c4cccc(-c5cc6ccccc6c6ccccc56)c4)c3)=Cc3ccccc3C2C=C1. The van der Waals surface area contributed by atoms with E-state index in [-0.39, 0.29) is 5.92 Å². The molecule has 60 heavy (non-hydrogen) atoms. The number of allylic oxidation sites excluding steroid dienone is 5. The quantitative estimate of drug-likeness (QED) is 0.157. The molecule has 10 aromatic rings. The van der Waals surface area contributed by atoms with E-state index in [1.807, 2.05) is 12.1 Å². The van der Waals surface area contributed by atoms with Gasteiger partial charge in [0.25, 0.3) is 0 Å². The summed E-state index contributed by atoms with van der Waals surface area (Å²) in [5.41, 5.74) is 15.0. The predicted molar refractivity (Wildman–Crippen MR) is 253 cm³/mol. The first-order chi connectivity index (χ1) is 29.7. The van der Waals surface area contributed by atoms with Gasteiger partial charge in [0.15, 0.2) is 0 Å². The Balaban J connectivity index is 1.02. The fourth-order valence-electron chi connectivity index (χ4n) is 9.83. The predicted octanol–water partition coefficient (Wildman–Crippen LogP) is 16.1. The van der Waals surface area contributed by atoms with Crippen molar-refractivity contribution in [1.29, 1.82) is 0 Å². The monoisotopic (exact) mass is 765 g/mol. The second kappa shape index (κ2) is 14.0. The summed E-state index contributed by atoms with van der Waals surface area (Å²) >= 11 is 0. The normalized spacial score (nSPS) is 15.6. The van der Waals surface area contributed by atoms with Gasteiger partial charge in [-0.1, -0.05) is 176 Å². The molecule has 2 unspecified atom stereocenters. The van der Waals surface area contributed by atoms with Crippen LogP contribution in [0.25, 0.3) is 77.4 Å². The molecule has 2 atom stereocenters. The van der Waals surface area contributed by atoms with E-state index >= 15 is 0 Å². The van der Waals surface area contributed by atoms with Crippen LogP contribution in [-0.4, -0.2) is 0 Å². The highest BCUT2D eigenvalue weighted by Gasteiger charge is 2.30. The maximum atomic E-state index is 6.47. The van der Waals surface area contributed by atoms with Crippen molar-refractivity contribution in [1.82, 2.24) is 0 Å². The van der Waals surface area contributed by atoms with E-state index in [9.17, 15) is 0 Å². The van der Waals surface area contributed by atoms with Crippen molar-refractivity contribution in [2.24, 2.45) is 5.92 Å². The van der Waals surface area contributed by atoms with E-state index in [0.717, 1.165) is 50.1 Å². The van der Waals surface area contributed by atoms with E-state index < -0.39 is 0 Å². The molecule has 1 aromatic heterocycles. The van der Waals surface area contributed by atoms with Gasteiger partial charge in [-0.25, -0.2) is 0 Å². The van der Waals surface area contributed by atoms with Crippen molar-refractivity contribution in [2.75, 3.05) is 4.90 Å². The van der Waals surface area contributed by atoms with E-state index in [0.29, 0.717) is 5.92 Å². The van der Waals surface area contributed by atoms with Crippen LogP contribution in [0.4, 0.5) is 17.1 Å². The molecule has 2 aliphatic carbocycles. The van der Waals surface area contributed by atoms with Gasteiger partial charge in [-0.3, -0.25) is 0 Å². The molecule has 0 spiro atoms. The third-order valence-corrected chi connectivity index (χ3v) is 12.6. The lowest BCUT2D eigenvalue weighted by atomic mass is 9.71. The van der Waals surface area contributed by atoms with Gasteiger partial charge in [-0.15, -0.1) is 0 Å². The van der Waals surface area contributed by atoms with Crippen LogP contribution < -0.4 is 4.90 Å². The first kappa shape index (κ1) is 34.4. The zero-order chi connectivity index (χ0) is 39.6. The largest absolute Gasteiger partial charge is 0.455 e. The number of anilines is 3. The number of para-hydroxylation sites is 2. The van der Waals surface area contributed by atoms with Crippen LogP contribution >= 0.6 is 0 Å². The van der Waals surface area contributed by atoms with Gasteiger partial charge < -0.3 is 9.32 Å². The van der Waals surface area contributed by atoms with Crippen LogP contribution in [0.1, 0.15) is 22.6 Å². The highest BCUT2D eigenvalue weighted by atomic mass is 16.3. The highest BCUT2D eigenvalue weighted by Crippen LogP contribution is 2.47. The minimum atomic E-state index is 0.262. The number of furan rings is 1. The third kappa shape index (κ3) is 5.64. The second-order valence-electron chi connectivity index (χ2n) is 16.0. The van der Waals surface area contributed by atoms with E-state index in [1.54, 1.807) is 0 Å². The molecule has 2 heteroatoms. The molecule has 0 saturated heterocycles. The van der Waals surface area contributed by atoms with Crippen molar-refractivity contribution in [2.45, 2.75) is 5.92 Å². The van der Waals surface area contributed by atoms with Gasteiger partial charge in [0.05, 0.1) is 0 Å². The molecule has 12 rings (SSSR count). The molecule has 282 valence electrons. The topological polar surface area (TPSA) is 16.4 Å². The molecule has 0 bridgehead atoms. The van der Waals surface area contributed by atoms with Crippen molar-refractivity contribution in [3.05, 3.63) is 235 Å². The van der Waals surface area contributed by atoms with Gasteiger partial charge in [0.2, 0.25) is 0 Å². The average molecular weight is 766 g/mol. The molecule has 0 saturated carbocycles. The molecule has 0 N–H and O–H groups in total. The first-order valence-corrected chi connectivity index (χ1v) is 20.8. The Morgan fingerprint density at radius 2 is 1.05 bits per heavy atom. The number of nitrogens with zero attached hydrogens (tertiary/aromatic N) is 1. The van der Waals surface area contributed by atoms with Crippen molar-refractivity contribution >= 4 is 72.2 Å². The Labute approximate surface area is 349 Å². The summed E-state index contributed by atoms with van der Waals surface area (Å²) in [6.45, 7) is 0. The number of benzene rings is 9. The molecule has 0 aliphatic heterocycles. The van der Waals surface area contributed by atoms with Crippen LogP contribution in [-0.2, 0) is 0 Å². The van der Waals surface area contributed by atoms with Crippen molar-refractivity contribution < 1.29 is 4.42 Å². The molecule has 9 aromatic carbocycles. The molecular weight excluding hydrogens is 727 g/mol. The Morgan fingerprint density at radius 3 is 1.90 bits per heavy atom. The fraction of sp³-hybridized carbons (Fsp3) is 0.0345. The van der Waals surface area contributed by atoms with Gasteiger partial charge >= 0.3 is 0 Å². The summed E-state index contributed by atoms with van der Waals surface area (Å²) < 4.78 is 6.47. The summed E-state index contributed by atoms with van der Waals surface area (Å²) in [5, 5.41) is 7.30. The maximum Gasteiger partial charge on any atom is 0.143 e. The zero-order valence-corrected chi connectivity index (χ0v) is 32.9. The van der Waals surface area contributed by atoms with Gasteiger partial charge in [0.1, 0.15) is 11.2 Å². The lowest BCUT2D eigenvalue weighted by molar-refractivity contribution is 0.670. The lowest BCUT2D eigenvalue weighted by Crippen LogP contribution is -2.18. The summed E-state index contributed by atoms with van der Waals surface area (Å²) in [7, 11) is 0. The Hall–Kier alpha value is -7.68. The number of rotatable bonds is 6. The van der Waals surface area contributed by atoms with Gasteiger partial charge in [0, 0.05) is 45.2 Å². The Morgan fingerprint density at radius 1 is 0.400 bits per heavy atom. The highest BCUT2D eigenvalue weighted by molar-refractivity contribution is 6.14. The van der Waals surface area contributed by atoms with Crippen LogP contribution in [0.15, 0.2) is 223 Å². The van der Waals surface area contributed by atoms with Crippen LogP contribution in [0, 0.1) is 5.92 Å². The molecule has 2 nitrogen and oxygen atoms in total. The van der Waals surface area contributed by atoms with Crippen LogP contribution in [0.2, 0.25) is 0 Å². The van der Waals surface area contributed by atoms with Crippen molar-refractivity contribution in [3.63, 3.8) is 0 Å². The minimum absolute atomic E-state index is 0.262. The van der Waals surface area contributed by atoms with E-state index in [1.165, 1.54) is 54.9 Å². The Kier molecular flexibility index (Phi) is 8.02. The summed E-state index contributed by atoms with van der Waals surface area (Å²) in [5.74, 6) is 0.571.